The molecular formula is C43H29NS. The van der Waals surface area contributed by atoms with Crippen LogP contribution in [-0.4, -0.2) is 4.57 Å². The molecule has 45 heavy (non-hydrogen) atoms. The van der Waals surface area contributed by atoms with E-state index < -0.39 is 0 Å². The molecule has 0 bridgehead atoms. The van der Waals surface area contributed by atoms with Gasteiger partial charge >= 0.3 is 0 Å². The first-order valence-corrected chi connectivity index (χ1v) is 16.5. The smallest absolute Gasteiger partial charge is 0.0623 e. The van der Waals surface area contributed by atoms with Crippen LogP contribution in [0, 0.1) is 0 Å². The summed E-state index contributed by atoms with van der Waals surface area (Å²) in [5.41, 5.74) is 11.7. The number of aromatic nitrogens is 1. The maximum Gasteiger partial charge on any atom is 0.0623 e. The zero-order chi connectivity index (χ0) is 29.9. The Morgan fingerprint density at radius 1 is 0.533 bits per heavy atom. The van der Waals surface area contributed by atoms with E-state index in [9.17, 15) is 0 Å². The monoisotopic (exact) mass is 591 g/mol. The topological polar surface area (TPSA) is 4.93 Å². The third kappa shape index (κ3) is 3.32. The molecule has 1 aliphatic rings. The van der Waals surface area contributed by atoms with Crippen LogP contribution in [0.3, 0.4) is 0 Å². The molecule has 0 unspecified atom stereocenters. The molecule has 0 fully saturated rings. The van der Waals surface area contributed by atoms with Crippen LogP contribution in [0.25, 0.3) is 80.7 Å². The van der Waals surface area contributed by atoms with Crippen molar-refractivity contribution in [3.05, 3.63) is 151 Å². The number of hydrogen-bond acceptors (Lipinski definition) is 1. The van der Waals surface area contributed by atoms with Crippen molar-refractivity contribution in [2.75, 3.05) is 0 Å². The van der Waals surface area contributed by atoms with Crippen molar-refractivity contribution >= 4 is 64.1 Å². The fourth-order valence-electron chi connectivity index (χ4n) is 8.18. The van der Waals surface area contributed by atoms with Crippen LogP contribution in [0.5, 0.6) is 0 Å². The molecule has 2 heterocycles. The molecule has 10 rings (SSSR count). The van der Waals surface area contributed by atoms with Gasteiger partial charge in [0.05, 0.1) is 11.0 Å². The number of nitrogens with zero attached hydrogens (tertiary/aromatic N) is 1. The van der Waals surface area contributed by atoms with Gasteiger partial charge in [-0.05, 0) is 69.1 Å². The van der Waals surface area contributed by atoms with Gasteiger partial charge in [-0.25, -0.2) is 0 Å². The van der Waals surface area contributed by atoms with Gasteiger partial charge in [-0.15, -0.1) is 11.3 Å². The molecule has 2 heteroatoms. The number of para-hydroxylation sites is 1. The van der Waals surface area contributed by atoms with Crippen LogP contribution < -0.4 is 0 Å². The SMILES string of the molecule is CC1(C)c2ccccc2-c2c1c1c3ccccc3n(-c3ccc(-c4ccc5c(c4)sc4ccccc45)cc3)c1c1ccccc21. The summed E-state index contributed by atoms with van der Waals surface area (Å²) in [5, 5.41) is 8.00. The Kier molecular flexibility index (Phi) is 5.00. The van der Waals surface area contributed by atoms with Crippen molar-refractivity contribution in [3.8, 4) is 27.9 Å². The predicted octanol–water partition coefficient (Wildman–Crippen LogP) is 12.3. The molecule has 7 aromatic carbocycles. The van der Waals surface area contributed by atoms with Crippen LogP contribution in [-0.2, 0) is 5.41 Å². The number of rotatable bonds is 2. The van der Waals surface area contributed by atoms with E-state index in [4.69, 9.17) is 0 Å². The lowest BCUT2D eigenvalue weighted by Crippen LogP contribution is -2.15. The number of fused-ring (bicyclic) bond motifs is 13. The number of hydrogen-bond donors (Lipinski definition) is 0. The first kappa shape index (κ1) is 25.2. The summed E-state index contributed by atoms with van der Waals surface area (Å²) in [6, 6.07) is 51.8. The summed E-state index contributed by atoms with van der Waals surface area (Å²) in [7, 11) is 0. The van der Waals surface area contributed by atoms with Crippen molar-refractivity contribution in [1.82, 2.24) is 4.57 Å². The minimum atomic E-state index is -0.113. The zero-order valence-electron chi connectivity index (χ0n) is 25.1. The standard InChI is InChI=1S/C43H29NS/c1-43(2)35-16-8-5-14-33(35)39-31-12-3-4-13-32(31)42-40(41(39)43)34-15-6-9-17-36(34)44(42)28-22-19-26(20-23-28)27-21-24-30-29-11-7-10-18-37(29)45-38(30)25-27/h3-25H,1-2H3. The van der Waals surface area contributed by atoms with Crippen molar-refractivity contribution in [2.24, 2.45) is 0 Å². The van der Waals surface area contributed by atoms with Crippen LogP contribution in [0.4, 0.5) is 0 Å². The molecule has 0 N–H and O–H groups in total. The van der Waals surface area contributed by atoms with E-state index in [0.29, 0.717) is 0 Å². The lowest BCUT2D eigenvalue weighted by molar-refractivity contribution is 0.667. The van der Waals surface area contributed by atoms with Gasteiger partial charge in [0.15, 0.2) is 0 Å². The van der Waals surface area contributed by atoms with Crippen LogP contribution in [0.2, 0.25) is 0 Å². The van der Waals surface area contributed by atoms with Gasteiger partial charge in [-0.3, -0.25) is 0 Å². The van der Waals surface area contributed by atoms with Gasteiger partial charge in [0, 0.05) is 47.4 Å². The molecule has 0 saturated heterocycles. The maximum atomic E-state index is 2.51. The minimum absolute atomic E-state index is 0.113. The predicted molar refractivity (Wildman–Crippen MR) is 194 cm³/mol. The van der Waals surface area contributed by atoms with Gasteiger partial charge in [0.1, 0.15) is 0 Å². The third-order valence-corrected chi connectivity index (χ3v) is 11.3. The molecule has 2 aromatic heterocycles. The molecule has 1 nitrogen and oxygen atoms in total. The number of thiophene rings is 1. The zero-order valence-corrected chi connectivity index (χ0v) is 26.0. The average Bonchev–Trinajstić information content (AvgIpc) is 3.71. The largest absolute Gasteiger partial charge is 0.309 e. The Labute approximate surface area is 265 Å². The molecule has 0 saturated carbocycles. The Morgan fingerprint density at radius 3 is 2.02 bits per heavy atom. The molecule has 0 radical (unpaired) electrons. The molecular weight excluding hydrogens is 563 g/mol. The van der Waals surface area contributed by atoms with Crippen LogP contribution in [0.15, 0.2) is 140 Å². The molecule has 0 aliphatic heterocycles. The molecule has 9 aromatic rings. The Hall–Kier alpha value is -5.18. The quantitative estimate of drug-likeness (QED) is 0.188. The van der Waals surface area contributed by atoms with Gasteiger partial charge < -0.3 is 4.57 Å². The molecule has 0 spiro atoms. The highest BCUT2D eigenvalue weighted by Crippen LogP contribution is 2.56. The van der Waals surface area contributed by atoms with E-state index in [1.54, 1.807) is 0 Å². The van der Waals surface area contributed by atoms with E-state index in [1.807, 2.05) is 11.3 Å². The summed E-state index contributed by atoms with van der Waals surface area (Å²) >= 11 is 1.88. The Bertz CT molecular complexity index is 2670. The molecule has 212 valence electrons. The second-order valence-electron chi connectivity index (χ2n) is 12.9. The van der Waals surface area contributed by atoms with Crippen LogP contribution >= 0.6 is 11.3 Å². The van der Waals surface area contributed by atoms with Crippen LogP contribution in [0.1, 0.15) is 25.0 Å². The second-order valence-corrected chi connectivity index (χ2v) is 14.0. The van der Waals surface area contributed by atoms with E-state index in [2.05, 4.69) is 158 Å². The normalized spacial score (nSPS) is 13.7. The van der Waals surface area contributed by atoms with E-state index in [-0.39, 0.29) is 5.41 Å². The van der Waals surface area contributed by atoms with E-state index in [0.717, 1.165) is 0 Å². The minimum Gasteiger partial charge on any atom is -0.309 e. The van der Waals surface area contributed by atoms with Crippen molar-refractivity contribution in [2.45, 2.75) is 19.3 Å². The maximum absolute atomic E-state index is 2.51. The van der Waals surface area contributed by atoms with E-state index in [1.165, 1.54) is 91.8 Å². The third-order valence-electron chi connectivity index (χ3n) is 10.2. The first-order valence-electron chi connectivity index (χ1n) is 15.7. The fraction of sp³-hybridized carbons (Fsp3) is 0.0698. The average molecular weight is 592 g/mol. The van der Waals surface area contributed by atoms with Gasteiger partial charge in [0.2, 0.25) is 0 Å². The van der Waals surface area contributed by atoms with Gasteiger partial charge in [-0.2, -0.15) is 0 Å². The van der Waals surface area contributed by atoms with Crippen molar-refractivity contribution in [3.63, 3.8) is 0 Å². The van der Waals surface area contributed by atoms with Crippen molar-refractivity contribution < 1.29 is 0 Å². The second kappa shape index (κ2) is 8.94. The summed E-state index contributed by atoms with van der Waals surface area (Å²) in [4.78, 5) is 0. The summed E-state index contributed by atoms with van der Waals surface area (Å²) in [6.45, 7) is 4.81. The lowest BCUT2D eigenvalue weighted by atomic mass is 9.79. The highest BCUT2D eigenvalue weighted by Gasteiger charge is 2.39. The first-order chi connectivity index (χ1) is 22.1. The van der Waals surface area contributed by atoms with Gasteiger partial charge in [0.25, 0.3) is 0 Å². The number of benzene rings is 7. The lowest BCUT2D eigenvalue weighted by Gasteiger charge is -2.23. The highest BCUT2D eigenvalue weighted by atomic mass is 32.1. The summed E-state index contributed by atoms with van der Waals surface area (Å²) in [5.74, 6) is 0. The highest BCUT2D eigenvalue weighted by molar-refractivity contribution is 7.25. The summed E-state index contributed by atoms with van der Waals surface area (Å²) < 4.78 is 5.19. The summed E-state index contributed by atoms with van der Waals surface area (Å²) in [6.07, 6.45) is 0. The van der Waals surface area contributed by atoms with Gasteiger partial charge in [-0.1, -0.05) is 123 Å². The fourth-order valence-corrected chi connectivity index (χ4v) is 9.32. The molecule has 0 amide bonds. The van der Waals surface area contributed by atoms with Crippen molar-refractivity contribution in [1.29, 1.82) is 0 Å². The molecule has 0 atom stereocenters. The molecule has 1 aliphatic carbocycles. The van der Waals surface area contributed by atoms with E-state index >= 15 is 0 Å². The Balaban J connectivity index is 1.23. The Morgan fingerprint density at radius 2 is 1.18 bits per heavy atom.